The van der Waals surface area contributed by atoms with Crippen LogP contribution in [0.3, 0.4) is 0 Å². The van der Waals surface area contributed by atoms with E-state index in [1.54, 1.807) is 7.05 Å². The van der Waals surface area contributed by atoms with Gasteiger partial charge in [-0.25, -0.2) is 8.42 Å². The third-order valence-corrected chi connectivity index (χ3v) is 8.21. The molecule has 1 aliphatic rings. The number of aryl methyl sites for hydroxylation is 3. The van der Waals surface area contributed by atoms with Gasteiger partial charge in [0.15, 0.2) is 0 Å². The van der Waals surface area contributed by atoms with Crippen LogP contribution in [0.25, 0.3) is 11.0 Å². The highest BCUT2D eigenvalue weighted by atomic mass is 32.2. The average Bonchev–Trinajstić information content (AvgIpc) is 3.31. The maximum absolute atomic E-state index is 13.5. The van der Waals surface area contributed by atoms with Crippen LogP contribution in [0.15, 0.2) is 56.9 Å². The van der Waals surface area contributed by atoms with E-state index in [1.165, 1.54) is 46.1 Å². The highest BCUT2D eigenvalue weighted by Crippen LogP contribution is 2.29. The van der Waals surface area contributed by atoms with Crippen molar-refractivity contribution in [1.29, 1.82) is 0 Å². The zero-order valence-corrected chi connectivity index (χ0v) is 19.8. The summed E-state index contributed by atoms with van der Waals surface area (Å²) in [7, 11) is 0.525. The summed E-state index contributed by atoms with van der Waals surface area (Å²) in [5.41, 5.74) is 1.08. The highest BCUT2D eigenvalue weighted by molar-refractivity contribution is 7.89. The molecule has 0 unspecified atom stereocenters. The van der Waals surface area contributed by atoms with Crippen molar-refractivity contribution in [2.45, 2.75) is 30.7 Å². The van der Waals surface area contributed by atoms with Gasteiger partial charge in [0.2, 0.25) is 15.9 Å². The molecule has 9 nitrogen and oxygen atoms in total. The van der Waals surface area contributed by atoms with Crippen LogP contribution in [0, 0.1) is 6.92 Å². The van der Waals surface area contributed by atoms with Crippen LogP contribution in [0.2, 0.25) is 0 Å². The molecular formula is C23H26N4O5S. The number of sulfonamides is 1. The average molecular weight is 471 g/mol. The van der Waals surface area contributed by atoms with Gasteiger partial charge in [-0.05, 0) is 50.1 Å². The van der Waals surface area contributed by atoms with Crippen LogP contribution in [0.5, 0.6) is 0 Å². The molecule has 4 rings (SSSR count). The predicted molar refractivity (Wildman–Crippen MR) is 126 cm³/mol. The van der Waals surface area contributed by atoms with Crippen molar-refractivity contribution in [2.75, 3.05) is 18.5 Å². The van der Waals surface area contributed by atoms with E-state index in [4.69, 9.17) is 0 Å². The first kappa shape index (κ1) is 22.9. The van der Waals surface area contributed by atoms with Gasteiger partial charge in [-0.2, -0.15) is 4.31 Å². The number of hydrogen-bond acceptors (Lipinski definition) is 5. The van der Waals surface area contributed by atoms with Crippen LogP contribution < -0.4 is 16.0 Å². The molecule has 2 aromatic carbocycles. The molecule has 0 spiro atoms. The van der Waals surface area contributed by atoms with Crippen molar-refractivity contribution in [1.82, 2.24) is 13.4 Å². The molecule has 1 atom stereocenters. The number of likely N-dealkylation sites (N-methyl/N-ethyl adjacent to an activating group) is 1. The minimum absolute atomic E-state index is 0.0265. The predicted octanol–water partition coefficient (Wildman–Crippen LogP) is 1.36. The van der Waals surface area contributed by atoms with Gasteiger partial charge in [-0.15, -0.1) is 0 Å². The Morgan fingerprint density at radius 2 is 1.58 bits per heavy atom. The van der Waals surface area contributed by atoms with E-state index >= 15 is 0 Å². The molecule has 3 aromatic rings. The molecule has 0 N–H and O–H groups in total. The summed E-state index contributed by atoms with van der Waals surface area (Å²) in [4.78, 5) is 39.0. The van der Waals surface area contributed by atoms with E-state index in [9.17, 15) is 22.8 Å². The van der Waals surface area contributed by atoms with Crippen molar-refractivity contribution in [2.24, 2.45) is 14.1 Å². The summed E-state index contributed by atoms with van der Waals surface area (Å²) < 4.78 is 30.7. The van der Waals surface area contributed by atoms with Crippen LogP contribution >= 0.6 is 0 Å². The van der Waals surface area contributed by atoms with E-state index in [0.29, 0.717) is 29.6 Å². The summed E-state index contributed by atoms with van der Waals surface area (Å²) in [6.07, 6.45) is 0.993. The summed E-state index contributed by atoms with van der Waals surface area (Å²) in [6.45, 7) is 2.18. The second-order valence-corrected chi connectivity index (χ2v) is 10.3. The Morgan fingerprint density at radius 1 is 0.970 bits per heavy atom. The zero-order chi connectivity index (χ0) is 24.1. The second-order valence-electron chi connectivity index (χ2n) is 8.39. The number of amides is 1. The first-order valence-electron chi connectivity index (χ1n) is 10.6. The number of fused-ring (bicyclic) bond motifs is 1. The van der Waals surface area contributed by atoms with Gasteiger partial charge < -0.3 is 14.0 Å². The molecule has 1 amide bonds. The van der Waals surface area contributed by atoms with Crippen molar-refractivity contribution in [3.05, 3.63) is 68.7 Å². The van der Waals surface area contributed by atoms with E-state index in [2.05, 4.69) is 0 Å². The summed E-state index contributed by atoms with van der Waals surface area (Å²) in [6, 6.07) is 10.9. The first-order valence-corrected chi connectivity index (χ1v) is 12.0. The molecule has 0 aliphatic carbocycles. The number of rotatable bonds is 4. The number of anilines is 1. The largest absolute Gasteiger partial charge is 0.316 e. The molecule has 2 heterocycles. The Kier molecular flexibility index (Phi) is 5.75. The third-order valence-electron chi connectivity index (χ3n) is 6.31. The molecule has 33 heavy (non-hydrogen) atoms. The lowest BCUT2D eigenvalue weighted by Crippen LogP contribution is -2.46. The van der Waals surface area contributed by atoms with Gasteiger partial charge >= 0.3 is 11.1 Å². The van der Waals surface area contributed by atoms with Crippen molar-refractivity contribution < 1.29 is 13.2 Å². The fourth-order valence-corrected chi connectivity index (χ4v) is 5.92. The molecule has 1 aromatic heterocycles. The van der Waals surface area contributed by atoms with E-state index in [-0.39, 0.29) is 17.3 Å². The Morgan fingerprint density at radius 3 is 2.21 bits per heavy atom. The van der Waals surface area contributed by atoms with Crippen molar-refractivity contribution >= 4 is 32.7 Å². The SMILES string of the molecule is Cc1ccc(N(C)C(=O)[C@@H]2CCCN2S(=O)(=O)c2ccc3c(c2)n(C)c(=O)c(=O)n3C)cc1. The highest BCUT2D eigenvalue weighted by Gasteiger charge is 2.41. The third kappa shape index (κ3) is 3.79. The summed E-state index contributed by atoms with van der Waals surface area (Å²) in [5, 5.41) is 0. The summed E-state index contributed by atoms with van der Waals surface area (Å²) >= 11 is 0. The van der Waals surface area contributed by atoms with Crippen LogP contribution in [-0.4, -0.2) is 47.4 Å². The van der Waals surface area contributed by atoms with Gasteiger partial charge in [0.25, 0.3) is 0 Å². The molecule has 10 heteroatoms. The molecule has 1 saturated heterocycles. The standard InChI is InChI=1S/C23H26N4O5S/c1-15-7-9-16(10-8-15)24(2)21(28)19-6-5-13-27(19)33(31,32)17-11-12-18-20(14-17)26(4)23(30)22(29)25(18)3/h7-12,14,19H,5-6,13H2,1-4H3/t19-/m0/s1. The van der Waals surface area contributed by atoms with Crippen LogP contribution in [0.4, 0.5) is 5.69 Å². The minimum Gasteiger partial charge on any atom is -0.314 e. The molecule has 1 aliphatic heterocycles. The maximum atomic E-state index is 13.5. The van der Waals surface area contributed by atoms with Crippen LogP contribution in [-0.2, 0) is 28.9 Å². The normalized spacial score (nSPS) is 16.9. The van der Waals surface area contributed by atoms with E-state index in [0.717, 1.165) is 10.1 Å². The van der Waals surface area contributed by atoms with Crippen LogP contribution in [0.1, 0.15) is 18.4 Å². The topological polar surface area (TPSA) is 102 Å². The van der Waals surface area contributed by atoms with Gasteiger partial charge in [0, 0.05) is 33.4 Å². The Labute approximate surface area is 191 Å². The first-order chi connectivity index (χ1) is 15.5. The number of benzene rings is 2. The minimum atomic E-state index is -4.02. The zero-order valence-electron chi connectivity index (χ0n) is 19.0. The smallest absolute Gasteiger partial charge is 0.314 e. The molecule has 0 saturated carbocycles. The fourth-order valence-electron chi connectivity index (χ4n) is 4.25. The van der Waals surface area contributed by atoms with E-state index in [1.807, 2.05) is 31.2 Å². The maximum Gasteiger partial charge on any atom is 0.316 e. The molecular weight excluding hydrogens is 444 g/mol. The lowest BCUT2D eigenvalue weighted by molar-refractivity contribution is -0.121. The van der Waals surface area contributed by atoms with E-state index < -0.39 is 27.2 Å². The van der Waals surface area contributed by atoms with Crippen molar-refractivity contribution in [3.63, 3.8) is 0 Å². The Balaban J connectivity index is 1.72. The summed E-state index contributed by atoms with van der Waals surface area (Å²) in [5.74, 6) is -0.296. The van der Waals surface area contributed by atoms with Gasteiger partial charge in [-0.1, -0.05) is 17.7 Å². The monoisotopic (exact) mass is 470 g/mol. The van der Waals surface area contributed by atoms with Gasteiger partial charge in [0.1, 0.15) is 6.04 Å². The number of carbonyl (C=O) groups excluding carboxylic acids is 1. The lowest BCUT2D eigenvalue weighted by Gasteiger charge is -2.27. The Hall–Kier alpha value is -3.24. The number of aromatic nitrogens is 2. The number of hydrogen-bond donors (Lipinski definition) is 0. The molecule has 1 fully saturated rings. The number of carbonyl (C=O) groups is 1. The fraction of sp³-hybridized carbons (Fsp3) is 0.348. The van der Waals surface area contributed by atoms with Crippen molar-refractivity contribution in [3.8, 4) is 0 Å². The quantitative estimate of drug-likeness (QED) is 0.536. The van der Waals surface area contributed by atoms with Gasteiger partial charge in [0.05, 0.1) is 15.9 Å². The van der Waals surface area contributed by atoms with Gasteiger partial charge in [-0.3, -0.25) is 14.4 Å². The molecule has 0 radical (unpaired) electrons. The lowest BCUT2D eigenvalue weighted by atomic mass is 10.1. The Bertz CT molecular complexity index is 1470. The number of nitrogens with zero attached hydrogens (tertiary/aromatic N) is 4. The molecule has 0 bridgehead atoms. The second kappa shape index (κ2) is 8.27. The molecule has 174 valence electrons.